The highest BCUT2D eigenvalue weighted by atomic mass is 127. The number of guanidine groups is 1. The predicted octanol–water partition coefficient (Wildman–Crippen LogP) is 2.54. The van der Waals surface area contributed by atoms with Crippen molar-refractivity contribution in [2.24, 2.45) is 4.99 Å². The van der Waals surface area contributed by atoms with Crippen molar-refractivity contribution in [3.05, 3.63) is 23.8 Å². The molecule has 0 unspecified atom stereocenters. The smallest absolute Gasteiger partial charge is 0.192 e. The molecule has 132 valence electrons. The summed E-state index contributed by atoms with van der Waals surface area (Å²) < 4.78 is 11.2. The van der Waals surface area contributed by atoms with E-state index in [0.29, 0.717) is 26.3 Å². The topological polar surface area (TPSA) is 54.9 Å². The van der Waals surface area contributed by atoms with Crippen LogP contribution < -0.4 is 20.1 Å². The van der Waals surface area contributed by atoms with Crippen LogP contribution in [0, 0.1) is 12.3 Å². The number of halogens is 1. The van der Waals surface area contributed by atoms with E-state index in [0.717, 1.165) is 24.0 Å². The summed E-state index contributed by atoms with van der Waals surface area (Å²) >= 11 is 0. The van der Waals surface area contributed by atoms with Gasteiger partial charge >= 0.3 is 0 Å². The van der Waals surface area contributed by atoms with Gasteiger partial charge in [-0.3, -0.25) is 4.99 Å². The van der Waals surface area contributed by atoms with Crippen LogP contribution in [0.15, 0.2) is 23.2 Å². The zero-order chi connectivity index (χ0) is 16.7. The molecule has 0 spiro atoms. The molecule has 1 aliphatic rings. The molecule has 0 saturated heterocycles. The molecule has 1 heterocycles. The molecule has 1 aliphatic heterocycles. The number of hydrogen-bond donors (Lipinski definition) is 2. The second-order valence-electron chi connectivity index (χ2n) is 6.00. The first kappa shape index (κ1) is 20.4. The van der Waals surface area contributed by atoms with Gasteiger partial charge in [0.2, 0.25) is 0 Å². The Morgan fingerprint density at radius 3 is 2.62 bits per heavy atom. The highest BCUT2D eigenvalue weighted by Gasteiger charge is 2.23. The Hall–Kier alpha value is -1.62. The van der Waals surface area contributed by atoms with Gasteiger partial charge in [0.15, 0.2) is 17.5 Å². The molecule has 2 N–H and O–H groups in total. The highest BCUT2D eigenvalue weighted by Crippen LogP contribution is 2.35. The van der Waals surface area contributed by atoms with Gasteiger partial charge in [0.05, 0.1) is 13.1 Å². The van der Waals surface area contributed by atoms with Crippen molar-refractivity contribution in [2.75, 3.05) is 32.8 Å². The van der Waals surface area contributed by atoms with Gasteiger partial charge in [-0.25, -0.2) is 0 Å². The summed E-state index contributed by atoms with van der Waals surface area (Å²) in [5.41, 5.74) is 1.03. The van der Waals surface area contributed by atoms with Gasteiger partial charge < -0.3 is 20.1 Å². The van der Waals surface area contributed by atoms with E-state index in [-0.39, 0.29) is 29.4 Å². The number of benzene rings is 1. The maximum atomic E-state index is 5.67. The zero-order valence-corrected chi connectivity index (χ0v) is 16.8. The Labute approximate surface area is 161 Å². The maximum absolute atomic E-state index is 5.67. The van der Waals surface area contributed by atoms with E-state index in [1.165, 1.54) is 5.56 Å². The summed E-state index contributed by atoms with van der Waals surface area (Å²) in [6, 6.07) is 6.09. The normalized spacial score (nSPS) is 13.5. The summed E-state index contributed by atoms with van der Waals surface area (Å²) in [7, 11) is 0. The first-order valence-corrected chi connectivity index (χ1v) is 7.92. The highest BCUT2D eigenvalue weighted by molar-refractivity contribution is 14.0. The molecule has 6 heteroatoms. The molecular weight excluding hydrogens is 417 g/mol. The lowest BCUT2D eigenvalue weighted by atomic mass is 9.84. The van der Waals surface area contributed by atoms with Crippen LogP contribution >= 0.6 is 24.0 Å². The average molecular weight is 443 g/mol. The van der Waals surface area contributed by atoms with Gasteiger partial charge in [0.1, 0.15) is 13.2 Å². The fourth-order valence-electron chi connectivity index (χ4n) is 2.31. The van der Waals surface area contributed by atoms with Crippen molar-refractivity contribution in [3.8, 4) is 23.8 Å². The minimum absolute atomic E-state index is 0. The molecule has 0 aliphatic carbocycles. The van der Waals surface area contributed by atoms with Crippen LogP contribution in [0.5, 0.6) is 11.5 Å². The number of aliphatic imine (C=N–C) groups is 1. The average Bonchev–Trinajstić information content (AvgIpc) is 2.57. The lowest BCUT2D eigenvalue weighted by Crippen LogP contribution is -2.38. The van der Waals surface area contributed by atoms with Crippen molar-refractivity contribution in [3.63, 3.8) is 0 Å². The minimum atomic E-state index is -0.131. The van der Waals surface area contributed by atoms with Crippen LogP contribution in [0.3, 0.4) is 0 Å². The Morgan fingerprint density at radius 1 is 1.25 bits per heavy atom. The molecule has 0 radical (unpaired) electrons. The number of nitrogens with zero attached hydrogens (tertiary/aromatic N) is 1. The van der Waals surface area contributed by atoms with E-state index in [2.05, 4.69) is 41.5 Å². The summed E-state index contributed by atoms with van der Waals surface area (Å²) in [4.78, 5) is 4.64. The Bertz CT molecular complexity index is 609. The molecule has 24 heavy (non-hydrogen) atoms. The van der Waals surface area contributed by atoms with Gasteiger partial charge in [0.25, 0.3) is 0 Å². The number of fused-ring (bicyclic) bond motifs is 1. The van der Waals surface area contributed by atoms with Crippen molar-refractivity contribution in [2.45, 2.75) is 26.2 Å². The first-order valence-electron chi connectivity index (χ1n) is 7.92. The van der Waals surface area contributed by atoms with Gasteiger partial charge in [-0.05, 0) is 24.6 Å². The molecule has 1 aromatic carbocycles. The zero-order valence-electron chi connectivity index (χ0n) is 14.5. The van der Waals surface area contributed by atoms with Gasteiger partial charge in [0, 0.05) is 12.0 Å². The van der Waals surface area contributed by atoms with E-state index >= 15 is 0 Å². The quantitative estimate of drug-likeness (QED) is 0.318. The number of terminal acetylenes is 1. The molecule has 0 saturated carbocycles. The molecule has 0 bridgehead atoms. The van der Waals surface area contributed by atoms with E-state index in [1.807, 2.05) is 19.1 Å². The number of rotatable bonds is 5. The number of hydrogen-bond acceptors (Lipinski definition) is 3. The third kappa shape index (κ3) is 5.48. The molecule has 5 nitrogen and oxygen atoms in total. The lowest BCUT2D eigenvalue weighted by molar-refractivity contribution is 0.171. The molecule has 0 aromatic heterocycles. The predicted molar refractivity (Wildman–Crippen MR) is 109 cm³/mol. The van der Waals surface area contributed by atoms with Crippen LogP contribution in [0.4, 0.5) is 0 Å². The third-order valence-electron chi connectivity index (χ3n) is 3.66. The lowest BCUT2D eigenvalue weighted by Gasteiger charge is -2.26. The molecule has 1 aromatic rings. The fraction of sp³-hybridized carbons (Fsp3) is 0.500. The second-order valence-corrected chi connectivity index (χ2v) is 6.00. The second kappa shape index (κ2) is 9.62. The molecule has 2 rings (SSSR count). The molecule has 0 amide bonds. The molecule has 0 fully saturated rings. The summed E-state index contributed by atoms with van der Waals surface area (Å²) in [5.74, 6) is 4.91. The van der Waals surface area contributed by atoms with Crippen molar-refractivity contribution < 1.29 is 9.47 Å². The monoisotopic (exact) mass is 443 g/mol. The summed E-state index contributed by atoms with van der Waals surface area (Å²) in [5, 5.41) is 6.29. The third-order valence-corrected chi connectivity index (χ3v) is 3.66. The van der Waals surface area contributed by atoms with Gasteiger partial charge in [-0.15, -0.1) is 30.4 Å². The van der Waals surface area contributed by atoms with Crippen molar-refractivity contribution in [1.29, 1.82) is 0 Å². The molecule has 0 atom stereocenters. The Morgan fingerprint density at radius 2 is 1.96 bits per heavy atom. The standard InChI is InChI=1S/C18H25N3O2.HI/c1-5-9-20-17(19-6-2)21-13-18(3,4)14-7-8-15-16(12-14)23-11-10-22-15;/h1,7-8,12H,6,9-11,13H2,2-4H3,(H2,19,20,21);1H. The number of nitrogens with one attached hydrogen (secondary N) is 2. The van der Waals surface area contributed by atoms with E-state index in [9.17, 15) is 0 Å². The van der Waals surface area contributed by atoms with Gasteiger partial charge in [-0.1, -0.05) is 25.8 Å². The van der Waals surface area contributed by atoms with Crippen molar-refractivity contribution in [1.82, 2.24) is 10.6 Å². The fourth-order valence-corrected chi connectivity index (χ4v) is 2.31. The molecular formula is C18H26IN3O2. The minimum Gasteiger partial charge on any atom is -0.486 e. The number of ether oxygens (including phenoxy) is 2. The largest absolute Gasteiger partial charge is 0.486 e. The van der Waals surface area contributed by atoms with Crippen LogP contribution in [-0.2, 0) is 5.41 Å². The maximum Gasteiger partial charge on any atom is 0.192 e. The van der Waals surface area contributed by atoms with Crippen LogP contribution in [0.2, 0.25) is 0 Å². The first-order chi connectivity index (χ1) is 11.1. The van der Waals surface area contributed by atoms with Crippen LogP contribution in [0.25, 0.3) is 0 Å². The van der Waals surface area contributed by atoms with Crippen LogP contribution in [-0.4, -0.2) is 38.8 Å². The van der Waals surface area contributed by atoms with Gasteiger partial charge in [-0.2, -0.15) is 0 Å². The van der Waals surface area contributed by atoms with E-state index in [1.54, 1.807) is 0 Å². The van der Waals surface area contributed by atoms with E-state index in [4.69, 9.17) is 15.9 Å². The SMILES string of the molecule is C#CCNC(=NCC(C)(C)c1ccc2c(c1)OCCO2)NCC.I. The summed E-state index contributed by atoms with van der Waals surface area (Å²) in [6.45, 7) is 9.42. The Balaban J connectivity index is 0.00000288. The van der Waals surface area contributed by atoms with Crippen LogP contribution in [0.1, 0.15) is 26.3 Å². The van der Waals surface area contributed by atoms with E-state index < -0.39 is 0 Å². The van der Waals surface area contributed by atoms with Crippen molar-refractivity contribution >= 4 is 29.9 Å². The summed E-state index contributed by atoms with van der Waals surface area (Å²) in [6.07, 6.45) is 5.29. The Kier molecular flexibility index (Phi) is 8.19.